The molecule has 0 aromatic heterocycles. The Kier molecular flexibility index (Phi) is 3.64. The average Bonchev–Trinajstić information content (AvgIpc) is 2.77. The number of anilines is 1. The third kappa shape index (κ3) is 2.54. The number of hydrogen-bond acceptors (Lipinski definition) is 1. The van der Waals surface area contributed by atoms with Crippen molar-refractivity contribution in [1.82, 2.24) is 0 Å². The Morgan fingerprint density at radius 1 is 0.655 bits per heavy atom. The minimum Gasteiger partial charge on any atom is -0.399 e. The van der Waals surface area contributed by atoms with Gasteiger partial charge in [-0.3, -0.25) is 0 Å². The Balaban J connectivity index is 1.68. The highest BCUT2D eigenvalue weighted by Gasteiger charge is 2.26. The number of fused-ring (bicyclic) bond motifs is 6. The molecule has 0 fully saturated rings. The first-order valence-corrected chi connectivity index (χ1v) is 10.5. The van der Waals surface area contributed by atoms with Crippen LogP contribution in [0.4, 0.5) is 5.69 Å². The van der Waals surface area contributed by atoms with Crippen LogP contribution in [0.1, 0.15) is 35.4 Å². The molecule has 0 amide bonds. The Bertz CT molecular complexity index is 1400. The Morgan fingerprint density at radius 2 is 1.41 bits per heavy atom. The lowest BCUT2D eigenvalue weighted by Crippen LogP contribution is -2.12. The van der Waals surface area contributed by atoms with E-state index >= 15 is 0 Å². The summed E-state index contributed by atoms with van der Waals surface area (Å²) in [6.07, 6.45) is 3.56. The van der Waals surface area contributed by atoms with Crippen LogP contribution in [0.5, 0.6) is 0 Å². The molecule has 1 atom stereocenters. The maximum absolute atomic E-state index is 6.34. The number of nitrogens with two attached hydrogens (primary N) is 1. The summed E-state index contributed by atoms with van der Waals surface area (Å²) >= 11 is 0. The lowest BCUT2D eigenvalue weighted by Gasteiger charge is -2.29. The van der Waals surface area contributed by atoms with E-state index in [9.17, 15) is 0 Å². The molecule has 0 saturated carbocycles. The third-order valence-electron chi connectivity index (χ3n) is 6.64. The molecule has 6 rings (SSSR count). The van der Waals surface area contributed by atoms with Crippen molar-refractivity contribution in [1.29, 1.82) is 0 Å². The van der Waals surface area contributed by atoms with Gasteiger partial charge in [-0.2, -0.15) is 0 Å². The molecule has 1 heteroatoms. The molecule has 0 spiro atoms. The van der Waals surface area contributed by atoms with Crippen LogP contribution in [0.15, 0.2) is 84.9 Å². The monoisotopic (exact) mass is 373 g/mol. The van der Waals surface area contributed by atoms with Gasteiger partial charge in [-0.05, 0) is 80.4 Å². The zero-order chi connectivity index (χ0) is 19.4. The Hall–Kier alpha value is -3.32. The van der Waals surface area contributed by atoms with Crippen LogP contribution in [0.3, 0.4) is 0 Å². The summed E-state index contributed by atoms with van der Waals surface area (Å²) in [5, 5.41) is 7.98. The highest BCUT2D eigenvalue weighted by atomic mass is 14.5. The van der Waals surface area contributed by atoms with Crippen LogP contribution in [-0.2, 0) is 6.42 Å². The summed E-state index contributed by atoms with van der Waals surface area (Å²) in [6, 6.07) is 31.0. The molecule has 0 heterocycles. The summed E-state index contributed by atoms with van der Waals surface area (Å²) in [4.78, 5) is 0. The molecule has 5 aromatic rings. The maximum atomic E-state index is 6.34. The molecule has 0 aliphatic heterocycles. The standard InChI is InChI=1S/C28H23N/c29-21-16-20-7-2-4-10-23(20)27(17-21)25-11-5-8-19-13-14-24-22-9-3-1-6-18(22)12-15-26(24)28(19)25/h1-4,6-7,9-10,12-17,25H,5,8,11,29H2. The summed E-state index contributed by atoms with van der Waals surface area (Å²) in [5.41, 5.74) is 11.6. The van der Waals surface area contributed by atoms with Gasteiger partial charge < -0.3 is 5.73 Å². The topological polar surface area (TPSA) is 26.0 Å². The van der Waals surface area contributed by atoms with E-state index in [0.29, 0.717) is 5.92 Å². The van der Waals surface area contributed by atoms with Gasteiger partial charge in [0.15, 0.2) is 0 Å². The molecule has 1 aliphatic carbocycles. The first-order chi connectivity index (χ1) is 14.3. The molecule has 0 radical (unpaired) electrons. The van der Waals surface area contributed by atoms with Crippen molar-refractivity contribution in [3.8, 4) is 0 Å². The van der Waals surface area contributed by atoms with Gasteiger partial charge in [0.2, 0.25) is 0 Å². The fourth-order valence-corrected chi connectivity index (χ4v) is 5.39. The van der Waals surface area contributed by atoms with Gasteiger partial charge in [0.05, 0.1) is 0 Å². The number of rotatable bonds is 1. The molecule has 1 nitrogen and oxygen atoms in total. The summed E-state index contributed by atoms with van der Waals surface area (Å²) in [6.45, 7) is 0. The number of benzene rings is 5. The van der Waals surface area contributed by atoms with Crippen LogP contribution >= 0.6 is 0 Å². The van der Waals surface area contributed by atoms with Crippen molar-refractivity contribution in [2.45, 2.75) is 25.2 Å². The van der Waals surface area contributed by atoms with E-state index < -0.39 is 0 Å². The van der Waals surface area contributed by atoms with Gasteiger partial charge in [-0.15, -0.1) is 0 Å². The molecular formula is C28H23N. The molecular weight excluding hydrogens is 350 g/mol. The molecule has 29 heavy (non-hydrogen) atoms. The molecule has 1 unspecified atom stereocenters. The Morgan fingerprint density at radius 3 is 2.31 bits per heavy atom. The molecule has 1 aliphatic rings. The van der Waals surface area contributed by atoms with Crippen LogP contribution in [0.25, 0.3) is 32.3 Å². The lowest BCUT2D eigenvalue weighted by molar-refractivity contribution is 0.623. The fraction of sp³-hybridized carbons (Fsp3) is 0.143. The minimum absolute atomic E-state index is 0.386. The predicted molar refractivity (Wildman–Crippen MR) is 125 cm³/mol. The van der Waals surface area contributed by atoms with Crippen molar-refractivity contribution in [2.24, 2.45) is 0 Å². The van der Waals surface area contributed by atoms with Crippen molar-refractivity contribution in [3.63, 3.8) is 0 Å². The third-order valence-corrected chi connectivity index (χ3v) is 6.64. The largest absolute Gasteiger partial charge is 0.399 e. The van der Waals surface area contributed by atoms with Gasteiger partial charge in [-0.25, -0.2) is 0 Å². The van der Waals surface area contributed by atoms with Gasteiger partial charge in [0, 0.05) is 11.6 Å². The number of aryl methyl sites for hydroxylation is 1. The summed E-state index contributed by atoms with van der Waals surface area (Å²) in [5.74, 6) is 0.386. The smallest absolute Gasteiger partial charge is 0.0323 e. The highest BCUT2D eigenvalue weighted by Crippen LogP contribution is 2.44. The van der Waals surface area contributed by atoms with Crippen molar-refractivity contribution in [2.75, 3.05) is 5.73 Å². The molecule has 140 valence electrons. The second-order valence-corrected chi connectivity index (χ2v) is 8.30. The van der Waals surface area contributed by atoms with E-state index in [1.54, 1.807) is 0 Å². The van der Waals surface area contributed by atoms with E-state index in [4.69, 9.17) is 5.73 Å². The molecule has 2 N–H and O–H groups in total. The molecule has 5 aromatic carbocycles. The van der Waals surface area contributed by atoms with E-state index in [1.165, 1.54) is 61.8 Å². The SMILES string of the molecule is Nc1cc(C2CCCc3ccc4c(ccc5ccccc54)c32)c2ccccc2c1. The van der Waals surface area contributed by atoms with Crippen molar-refractivity contribution >= 4 is 38.0 Å². The first-order valence-electron chi connectivity index (χ1n) is 10.5. The van der Waals surface area contributed by atoms with E-state index in [2.05, 4.69) is 84.9 Å². The average molecular weight is 373 g/mol. The minimum atomic E-state index is 0.386. The van der Waals surface area contributed by atoms with Crippen LogP contribution in [0.2, 0.25) is 0 Å². The van der Waals surface area contributed by atoms with Crippen LogP contribution < -0.4 is 5.73 Å². The van der Waals surface area contributed by atoms with Gasteiger partial charge in [0.25, 0.3) is 0 Å². The van der Waals surface area contributed by atoms with E-state index in [-0.39, 0.29) is 0 Å². The number of nitrogen functional groups attached to an aromatic ring is 1. The number of hydrogen-bond donors (Lipinski definition) is 1. The normalized spacial score (nSPS) is 16.3. The zero-order valence-corrected chi connectivity index (χ0v) is 16.4. The predicted octanol–water partition coefficient (Wildman–Crippen LogP) is 7.20. The van der Waals surface area contributed by atoms with Crippen molar-refractivity contribution < 1.29 is 0 Å². The zero-order valence-electron chi connectivity index (χ0n) is 16.4. The van der Waals surface area contributed by atoms with Crippen LogP contribution in [0, 0.1) is 0 Å². The van der Waals surface area contributed by atoms with Gasteiger partial charge >= 0.3 is 0 Å². The van der Waals surface area contributed by atoms with Crippen molar-refractivity contribution in [3.05, 3.63) is 102 Å². The summed E-state index contributed by atoms with van der Waals surface area (Å²) in [7, 11) is 0. The fourth-order valence-electron chi connectivity index (χ4n) is 5.39. The molecule has 0 bridgehead atoms. The second-order valence-electron chi connectivity index (χ2n) is 8.30. The maximum Gasteiger partial charge on any atom is 0.0323 e. The van der Waals surface area contributed by atoms with E-state index in [0.717, 1.165) is 12.1 Å². The second kappa shape index (κ2) is 6.35. The van der Waals surface area contributed by atoms with Gasteiger partial charge in [0.1, 0.15) is 0 Å². The summed E-state index contributed by atoms with van der Waals surface area (Å²) < 4.78 is 0. The Labute approximate surface area is 170 Å². The van der Waals surface area contributed by atoms with E-state index in [1.807, 2.05) is 0 Å². The lowest BCUT2D eigenvalue weighted by atomic mass is 9.75. The molecule has 0 saturated heterocycles. The quantitative estimate of drug-likeness (QED) is 0.244. The van der Waals surface area contributed by atoms with Crippen LogP contribution in [-0.4, -0.2) is 0 Å². The van der Waals surface area contributed by atoms with Gasteiger partial charge in [-0.1, -0.05) is 72.8 Å². The highest BCUT2D eigenvalue weighted by molar-refractivity contribution is 6.09. The first kappa shape index (κ1) is 16.6.